The average Bonchev–Trinajstić information content (AvgIpc) is 3.19. The zero-order valence-corrected chi connectivity index (χ0v) is 16.1. The van der Waals surface area contributed by atoms with Gasteiger partial charge in [0.05, 0.1) is 5.56 Å². The second kappa shape index (κ2) is 8.23. The number of rotatable bonds is 6. The maximum Gasteiger partial charge on any atom is 0.344 e. The molecule has 0 aliphatic heterocycles. The summed E-state index contributed by atoms with van der Waals surface area (Å²) in [6.45, 7) is 3.19. The van der Waals surface area contributed by atoms with E-state index < -0.39 is 18.5 Å². The molecular weight excluding hydrogens is 364 g/mol. The molecule has 0 spiro atoms. The molecule has 1 aromatic heterocycles. The maximum atomic E-state index is 12.0. The van der Waals surface area contributed by atoms with Gasteiger partial charge in [0.1, 0.15) is 16.8 Å². The van der Waals surface area contributed by atoms with Crippen LogP contribution in [-0.4, -0.2) is 25.1 Å². The number of benzene rings is 1. The summed E-state index contributed by atoms with van der Waals surface area (Å²) >= 11 is 1.43. The zero-order valence-electron chi connectivity index (χ0n) is 15.3. The van der Waals surface area contributed by atoms with E-state index in [2.05, 4.69) is 11.4 Å². The zero-order chi connectivity index (χ0) is 19.4. The first-order chi connectivity index (χ1) is 13.0. The fourth-order valence-electron chi connectivity index (χ4n) is 3.06. The van der Waals surface area contributed by atoms with Gasteiger partial charge in [0, 0.05) is 4.88 Å². The van der Waals surface area contributed by atoms with Crippen molar-refractivity contribution in [1.29, 1.82) is 5.26 Å². The van der Waals surface area contributed by atoms with Crippen molar-refractivity contribution in [2.24, 2.45) is 0 Å². The smallest absolute Gasteiger partial charge is 0.344 e. The van der Waals surface area contributed by atoms with Gasteiger partial charge in [-0.3, -0.25) is 4.79 Å². The van der Waals surface area contributed by atoms with E-state index in [-0.39, 0.29) is 6.61 Å². The number of nitriles is 1. The molecule has 2 aromatic rings. The van der Waals surface area contributed by atoms with Crippen molar-refractivity contribution < 1.29 is 19.1 Å². The number of fused-ring (bicyclic) bond motifs is 1. The van der Waals surface area contributed by atoms with Crippen LogP contribution in [0.1, 0.15) is 33.6 Å². The number of ether oxygens (including phenoxy) is 2. The topological polar surface area (TPSA) is 88.4 Å². The van der Waals surface area contributed by atoms with Crippen LogP contribution in [0.5, 0.6) is 5.75 Å². The van der Waals surface area contributed by atoms with Crippen molar-refractivity contribution in [1.82, 2.24) is 0 Å². The van der Waals surface area contributed by atoms with Gasteiger partial charge in [-0.2, -0.15) is 5.26 Å². The van der Waals surface area contributed by atoms with Gasteiger partial charge in [-0.25, -0.2) is 4.79 Å². The van der Waals surface area contributed by atoms with Crippen LogP contribution in [0.3, 0.4) is 0 Å². The van der Waals surface area contributed by atoms with Crippen molar-refractivity contribution in [3.8, 4) is 11.8 Å². The number of esters is 1. The standard InChI is InChI=1S/C20H20N2O4S/c1-12-6-7-16(13(2)8-12)25-11-19(24)26-10-18(23)22-20-15(9-21)14-4-3-5-17(14)27-20/h6-8H,3-5,10-11H2,1-2H3,(H,22,23). The van der Waals surface area contributed by atoms with Crippen LogP contribution in [0.2, 0.25) is 0 Å². The Bertz CT molecular complexity index is 927. The largest absolute Gasteiger partial charge is 0.482 e. The predicted octanol–water partition coefficient (Wildman–Crippen LogP) is 3.29. The quantitative estimate of drug-likeness (QED) is 0.772. The molecule has 7 heteroatoms. The molecule has 0 unspecified atom stereocenters. The van der Waals surface area contributed by atoms with Crippen LogP contribution in [0, 0.1) is 25.2 Å². The number of anilines is 1. The molecule has 6 nitrogen and oxygen atoms in total. The first kappa shape index (κ1) is 18.9. The molecule has 140 valence electrons. The lowest BCUT2D eigenvalue weighted by Gasteiger charge is -2.10. The van der Waals surface area contributed by atoms with E-state index in [9.17, 15) is 14.9 Å². The summed E-state index contributed by atoms with van der Waals surface area (Å²) in [5, 5.41) is 12.5. The highest BCUT2D eigenvalue weighted by molar-refractivity contribution is 7.16. The molecule has 0 atom stereocenters. The molecule has 0 saturated heterocycles. The highest BCUT2D eigenvalue weighted by Gasteiger charge is 2.23. The minimum absolute atomic E-state index is 0.270. The Morgan fingerprint density at radius 3 is 2.81 bits per heavy atom. The predicted molar refractivity (Wildman–Crippen MR) is 102 cm³/mol. The Hall–Kier alpha value is -2.85. The third-order valence-corrected chi connectivity index (χ3v) is 5.53. The Kier molecular flexibility index (Phi) is 5.77. The summed E-state index contributed by atoms with van der Waals surface area (Å²) < 4.78 is 10.4. The van der Waals surface area contributed by atoms with E-state index in [1.54, 1.807) is 6.07 Å². The number of nitrogens with one attached hydrogen (secondary N) is 1. The van der Waals surface area contributed by atoms with Gasteiger partial charge in [-0.05, 0) is 50.3 Å². The Labute approximate surface area is 161 Å². The molecular formula is C20H20N2O4S. The Balaban J connectivity index is 1.48. The maximum absolute atomic E-state index is 12.0. The number of carbonyl (C=O) groups is 2. The molecule has 3 rings (SSSR count). The first-order valence-electron chi connectivity index (χ1n) is 8.68. The average molecular weight is 384 g/mol. The van der Waals surface area contributed by atoms with Gasteiger partial charge in [0.2, 0.25) is 0 Å². The molecule has 1 aliphatic rings. The minimum Gasteiger partial charge on any atom is -0.482 e. The molecule has 0 bridgehead atoms. The van der Waals surface area contributed by atoms with E-state index in [0.717, 1.165) is 40.8 Å². The van der Waals surface area contributed by atoms with Crippen molar-refractivity contribution in [3.05, 3.63) is 45.3 Å². The second-order valence-corrected chi connectivity index (χ2v) is 7.54. The van der Waals surface area contributed by atoms with Crippen molar-refractivity contribution in [2.75, 3.05) is 18.5 Å². The van der Waals surface area contributed by atoms with E-state index in [1.807, 2.05) is 26.0 Å². The lowest BCUT2D eigenvalue weighted by atomic mass is 10.1. The summed E-state index contributed by atoms with van der Waals surface area (Å²) in [5.41, 5.74) is 3.60. The van der Waals surface area contributed by atoms with Crippen LogP contribution in [0.4, 0.5) is 5.00 Å². The first-order valence-corrected chi connectivity index (χ1v) is 9.49. The summed E-state index contributed by atoms with van der Waals surface area (Å²) in [6, 6.07) is 7.81. The third kappa shape index (κ3) is 4.47. The number of thiophene rings is 1. The van der Waals surface area contributed by atoms with Crippen LogP contribution >= 0.6 is 11.3 Å². The molecule has 1 heterocycles. The number of carbonyl (C=O) groups excluding carboxylic acids is 2. The van der Waals surface area contributed by atoms with Gasteiger partial charge in [0.15, 0.2) is 13.2 Å². The van der Waals surface area contributed by atoms with Crippen LogP contribution in [-0.2, 0) is 27.2 Å². The number of hydrogen-bond donors (Lipinski definition) is 1. The minimum atomic E-state index is -0.626. The van der Waals surface area contributed by atoms with Crippen LogP contribution in [0.15, 0.2) is 18.2 Å². The highest BCUT2D eigenvalue weighted by Crippen LogP contribution is 2.38. The summed E-state index contributed by atoms with van der Waals surface area (Å²) in [5.74, 6) is -0.487. The van der Waals surface area contributed by atoms with Crippen molar-refractivity contribution in [3.63, 3.8) is 0 Å². The number of aryl methyl sites for hydroxylation is 3. The molecule has 27 heavy (non-hydrogen) atoms. The van der Waals surface area contributed by atoms with Gasteiger partial charge in [-0.1, -0.05) is 17.7 Å². The second-order valence-electron chi connectivity index (χ2n) is 6.44. The normalized spacial score (nSPS) is 12.2. The molecule has 1 aromatic carbocycles. The van der Waals surface area contributed by atoms with Crippen molar-refractivity contribution in [2.45, 2.75) is 33.1 Å². The van der Waals surface area contributed by atoms with E-state index in [0.29, 0.717) is 16.3 Å². The van der Waals surface area contributed by atoms with E-state index >= 15 is 0 Å². The lowest BCUT2D eigenvalue weighted by Crippen LogP contribution is -2.23. The molecule has 1 N–H and O–H groups in total. The van der Waals surface area contributed by atoms with Gasteiger partial charge in [-0.15, -0.1) is 11.3 Å². The Morgan fingerprint density at radius 2 is 2.07 bits per heavy atom. The molecule has 1 aliphatic carbocycles. The highest BCUT2D eigenvalue weighted by atomic mass is 32.1. The number of nitrogens with zero attached hydrogens (tertiary/aromatic N) is 1. The molecule has 0 fully saturated rings. The lowest BCUT2D eigenvalue weighted by molar-refractivity contribution is -0.149. The van der Waals surface area contributed by atoms with Gasteiger partial charge < -0.3 is 14.8 Å². The Morgan fingerprint density at radius 1 is 1.26 bits per heavy atom. The fourth-order valence-corrected chi connectivity index (χ4v) is 4.31. The summed E-state index contributed by atoms with van der Waals surface area (Å²) in [4.78, 5) is 25.0. The summed E-state index contributed by atoms with van der Waals surface area (Å²) in [7, 11) is 0. The number of hydrogen-bond acceptors (Lipinski definition) is 6. The van der Waals surface area contributed by atoms with E-state index in [1.165, 1.54) is 11.3 Å². The monoisotopic (exact) mass is 384 g/mol. The number of amides is 1. The molecule has 0 saturated carbocycles. The van der Waals surface area contributed by atoms with Crippen LogP contribution in [0.25, 0.3) is 0 Å². The molecule has 0 radical (unpaired) electrons. The van der Waals surface area contributed by atoms with Crippen molar-refractivity contribution >= 4 is 28.2 Å². The fraction of sp³-hybridized carbons (Fsp3) is 0.350. The summed E-state index contributed by atoms with van der Waals surface area (Å²) in [6.07, 6.45) is 2.85. The van der Waals surface area contributed by atoms with Crippen LogP contribution < -0.4 is 10.1 Å². The van der Waals surface area contributed by atoms with Gasteiger partial charge in [0.25, 0.3) is 5.91 Å². The SMILES string of the molecule is Cc1ccc(OCC(=O)OCC(=O)Nc2sc3c(c2C#N)CCC3)c(C)c1. The van der Waals surface area contributed by atoms with E-state index in [4.69, 9.17) is 9.47 Å². The molecule has 1 amide bonds. The third-order valence-electron chi connectivity index (χ3n) is 4.33. The van der Waals surface area contributed by atoms with Gasteiger partial charge >= 0.3 is 5.97 Å².